The largest absolute Gasteiger partial charge is 0.357 e. The Morgan fingerprint density at radius 3 is 2.44 bits per heavy atom. The van der Waals surface area contributed by atoms with Crippen molar-refractivity contribution in [1.29, 1.82) is 0 Å². The Morgan fingerprint density at radius 1 is 1.24 bits per heavy atom. The highest BCUT2D eigenvalue weighted by Gasteiger charge is 2.20. The fourth-order valence-electron chi connectivity index (χ4n) is 2.01. The first-order chi connectivity index (χ1) is 11.1. The maximum atomic E-state index is 13.6. The number of hydrogen-bond acceptors (Lipinski definition) is 3. The van der Waals surface area contributed by atoms with Gasteiger partial charge in [0.25, 0.3) is 0 Å². The number of halogens is 2. The van der Waals surface area contributed by atoms with Crippen molar-refractivity contribution in [2.24, 2.45) is 10.4 Å². The molecule has 0 spiro atoms. The highest BCUT2D eigenvalue weighted by molar-refractivity contribution is 14.0. The van der Waals surface area contributed by atoms with Crippen LogP contribution in [-0.2, 0) is 16.4 Å². The summed E-state index contributed by atoms with van der Waals surface area (Å²) >= 11 is 0. The summed E-state index contributed by atoms with van der Waals surface area (Å²) in [5, 5.41) is 6.32. The SMILES string of the molecule is CCNC(=NCc1ccccc1F)NCC(C)(C)CCS(C)(=O)=O.I. The van der Waals surface area contributed by atoms with Gasteiger partial charge in [-0.05, 0) is 24.8 Å². The molecule has 0 atom stereocenters. The van der Waals surface area contributed by atoms with Crippen molar-refractivity contribution >= 4 is 39.8 Å². The van der Waals surface area contributed by atoms with Crippen molar-refractivity contribution < 1.29 is 12.8 Å². The molecule has 1 aromatic carbocycles. The molecular formula is C17H29FIN3O2S. The van der Waals surface area contributed by atoms with Gasteiger partial charge in [0.05, 0.1) is 12.3 Å². The fraction of sp³-hybridized carbons (Fsp3) is 0.588. The monoisotopic (exact) mass is 485 g/mol. The Bertz CT molecular complexity index is 664. The van der Waals surface area contributed by atoms with Gasteiger partial charge < -0.3 is 10.6 Å². The van der Waals surface area contributed by atoms with Crippen molar-refractivity contribution in [3.05, 3.63) is 35.6 Å². The molecule has 0 aliphatic carbocycles. The van der Waals surface area contributed by atoms with Crippen molar-refractivity contribution in [1.82, 2.24) is 10.6 Å². The number of benzene rings is 1. The van der Waals surface area contributed by atoms with Crippen molar-refractivity contribution in [2.75, 3.05) is 25.1 Å². The number of rotatable bonds is 8. The third-order valence-corrected chi connectivity index (χ3v) is 4.54. The lowest BCUT2D eigenvalue weighted by molar-refractivity contribution is 0.348. The topological polar surface area (TPSA) is 70.6 Å². The Hall–Kier alpha value is -0.900. The smallest absolute Gasteiger partial charge is 0.191 e. The van der Waals surface area contributed by atoms with Gasteiger partial charge >= 0.3 is 0 Å². The van der Waals surface area contributed by atoms with Crippen LogP contribution in [0.5, 0.6) is 0 Å². The predicted molar refractivity (Wildman–Crippen MR) is 113 cm³/mol. The fourth-order valence-corrected chi connectivity index (χ4v) is 2.93. The van der Waals surface area contributed by atoms with Gasteiger partial charge in [0.1, 0.15) is 15.7 Å². The minimum Gasteiger partial charge on any atom is -0.357 e. The van der Waals surface area contributed by atoms with E-state index in [9.17, 15) is 12.8 Å². The third kappa shape index (κ3) is 10.6. The zero-order chi connectivity index (χ0) is 18.2. The van der Waals surface area contributed by atoms with E-state index in [1.54, 1.807) is 18.2 Å². The summed E-state index contributed by atoms with van der Waals surface area (Å²) < 4.78 is 36.3. The lowest BCUT2D eigenvalue weighted by Crippen LogP contribution is -2.42. The van der Waals surface area contributed by atoms with E-state index in [1.165, 1.54) is 12.3 Å². The summed E-state index contributed by atoms with van der Waals surface area (Å²) in [6.07, 6.45) is 1.81. The highest BCUT2D eigenvalue weighted by atomic mass is 127. The summed E-state index contributed by atoms with van der Waals surface area (Å²) in [7, 11) is -2.97. The molecular weight excluding hydrogens is 456 g/mol. The van der Waals surface area contributed by atoms with Gasteiger partial charge in [0, 0.05) is 24.9 Å². The normalized spacial score (nSPS) is 12.4. The van der Waals surface area contributed by atoms with E-state index < -0.39 is 9.84 Å². The van der Waals surface area contributed by atoms with Crippen LogP contribution in [0.1, 0.15) is 32.8 Å². The molecule has 0 fully saturated rings. The van der Waals surface area contributed by atoms with Gasteiger partial charge in [-0.1, -0.05) is 32.0 Å². The van der Waals surface area contributed by atoms with E-state index >= 15 is 0 Å². The van der Waals surface area contributed by atoms with Gasteiger partial charge in [0.2, 0.25) is 0 Å². The van der Waals surface area contributed by atoms with Crippen LogP contribution in [-0.4, -0.2) is 39.5 Å². The lowest BCUT2D eigenvalue weighted by Gasteiger charge is -2.25. The van der Waals surface area contributed by atoms with Crippen LogP contribution >= 0.6 is 24.0 Å². The average molecular weight is 485 g/mol. The first kappa shape index (κ1) is 24.1. The molecule has 8 heteroatoms. The van der Waals surface area contributed by atoms with Crippen LogP contribution in [0.2, 0.25) is 0 Å². The number of sulfone groups is 1. The van der Waals surface area contributed by atoms with Crippen LogP contribution in [0.3, 0.4) is 0 Å². The maximum absolute atomic E-state index is 13.6. The average Bonchev–Trinajstić information content (AvgIpc) is 2.49. The van der Waals surface area contributed by atoms with Gasteiger partial charge in [-0.15, -0.1) is 24.0 Å². The summed E-state index contributed by atoms with van der Waals surface area (Å²) in [5.74, 6) is 0.476. The molecule has 0 saturated carbocycles. The molecule has 0 heterocycles. The summed E-state index contributed by atoms with van der Waals surface area (Å²) in [4.78, 5) is 4.39. The Morgan fingerprint density at radius 2 is 1.88 bits per heavy atom. The molecule has 144 valence electrons. The summed E-state index contributed by atoms with van der Waals surface area (Å²) in [6, 6.07) is 6.55. The van der Waals surface area contributed by atoms with Gasteiger partial charge in [-0.2, -0.15) is 0 Å². The number of hydrogen-bond donors (Lipinski definition) is 2. The molecule has 0 unspecified atom stereocenters. The Kier molecular flexibility index (Phi) is 10.6. The number of nitrogens with zero attached hydrogens (tertiary/aromatic N) is 1. The van der Waals surface area contributed by atoms with E-state index in [2.05, 4.69) is 15.6 Å². The van der Waals surface area contributed by atoms with Crippen molar-refractivity contribution in [3.63, 3.8) is 0 Å². The Labute approximate surface area is 167 Å². The van der Waals surface area contributed by atoms with Crippen LogP contribution in [0.15, 0.2) is 29.3 Å². The lowest BCUT2D eigenvalue weighted by atomic mass is 9.90. The summed E-state index contributed by atoms with van der Waals surface area (Å²) in [6.45, 7) is 7.47. The van der Waals surface area contributed by atoms with Gasteiger partial charge in [-0.3, -0.25) is 0 Å². The highest BCUT2D eigenvalue weighted by Crippen LogP contribution is 2.19. The van der Waals surface area contributed by atoms with Crippen molar-refractivity contribution in [2.45, 2.75) is 33.7 Å². The van der Waals surface area contributed by atoms with E-state index in [0.717, 1.165) is 0 Å². The second kappa shape index (κ2) is 10.9. The van der Waals surface area contributed by atoms with Gasteiger partial charge in [-0.25, -0.2) is 17.8 Å². The molecule has 2 N–H and O–H groups in total. The maximum Gasteiger partial charge on any atom is 0.191 e. The summed E-state index contributed by atoms with van der Waals surface area (Å²) in [5.41, 5.74) is 0.336. The molecule has 0 bridgehead atoms. The van der Waals surface area contributed by atoms with Crippen LogP contribution in [0.25, 0.3) is 0 Å². The molecule has 5 nitrogen and oxygen atoms in total. The standard InChI is InChI=1S/C17H28FN3O2S.HI/c1-5-19-16(20-12-14-8-6-7-9-15(14)18)21-13-17(2,3)10-11-24(4,22)23;/h6-9H,5,10-13H2,1-4H3,(H2,19,20,21);1H. The van der Waals surface area contributed by atoms with E-state index in [0.29, 0.717) is 31.0 Å². The number of nitrogens with one attached hydrogen (secondary N) is 2. The van der Waals surface area contributed by atoms with E-state index in [4.69, 9.17) is 0 Å². The number of aliphatic imine (C=N–C) groups is 1. The first-order valence-electron chi connectivity index (χ1n) is 8.06. The minimum atomic E-state index is -2.97. The third-order valence-electron chi connectivity index (χ3n) is 3.59. The second-order valence-electron chi connectivity index (χ2n) is 6.68. The molecule has 1 aromatic rings. The minimum absolute atomic E-state index is 0. The predicted octanol–water partition coefficient (Wildman–Crippen LogP) is 2.96. The van der Waals surface area contributed by atoms with Crippen molar-refractivity contribution in [3.8, 4) is 0 Å². The molecule has 0 aliphatic heterocycles. The van der Waals surface area contributed by atoms with Crippen LogP contribution in [0, 0.1) is 11.2 Å². The van der Waals surface area contributed by atoms with E-state index in [1.807, 2.05) is 20.8 Å². The molecule has 0 radical (unpaired) electrons. The van der Waals surface area contributed by atoms with Gasteiger partial charge in [0.15, 0.2) is 5.96 Å². The zero-order valence-electron chi connectivity index (χ0n) is 15.3. The molecule has 0 amide bonds. The molecule has 0 aliphatic rings. The van der Waals surface area contributed by atoms with Crippen LogP contribution in [0.4, 0.5) is 4.39 Å². The first-order valence-corrected chi connectivity index (χ1v) is 10.1. The van der Waals surface area contributed by atoms with Crippen LogP contribution < -0.4 is 10.6 Å². The number of guanidine groups is 1. The quantitative estimate of drug-likeness (QED) is 0.338. The van der Waals surface area contributed by atoms with E-state index in [-0.39, 0.29) is 47.5 Å². The zero-order valence-corrected chi connectivity index (χ0v) is 18.4. The molecule has 0 aromatic heterocycles. The molecule has 0 saturated heterocycles. The second-order valence-corrected chi connectivity index (χ2v) is 8.94. The Balaban J connectivity index is 0.00000576. The molecule has 25 heavy (non-hydrogen) atoms. The molecule has 1 rings (SSSR count).